The van der Waals surface area contributed by atoms with Crippen LogP contribution in [0.15, 0.2) is 12.1 Å². The summed E-state index contributed by atoms with van der Waals surface area (Å²) in [5, 5.41) is 9.17. The van der Waals surface area contributed by atoms with Crippen molar-refractivity contribution in [1.82, 2.24) is 0 Å². The van der Waals surface area contributed by atoms with Crippen molar-refractivity contribution in [1.29, 1.82) is 0 Å². The van der Waals surface area contributed by atoms with E-state index in [0.29, 0.717) is 31.3 Å². The lowest BCUT2D eigenvalue weighted by Crippen LogP contribution is -2.22. The topological polar surface area (TPSA) is 65.0 Å². The average molecular weight is 278 g/mol. The molecule has 1 aliphatic carbocycles. The number of methoxy groups -OCH3 is 1. The number of carbonyl (C=O) groups is 1. The smallest absolute Gasteiger partial charge is 0.304 e. The van der Waals surface area contributed by atoms with Crippen molar-refractivity contribution in [2.24, 2.45) is 0 Å². The molecule has 2 aliphatic rings. The molecule has 0 unspecified atom stereocenters. The van der Waals surface area contributed by atoms with E-state index in [4.69, 9.17) is 14.2 Å². The Hall–Kier alpha value is -1.75. The Balaban J connectivity index is 2.08. The zero-order valence-corrected chi connectivity index (χ0v) is 11.5. The maximum Gasteiger partial charge on any atom is 0.304 e. The number of fused-ring (bicyclic) bond motifs is 1. The van der Waals surface area contributed by atoms with Gasteiger partial charge >= 0.3 is 5.97 Å². The minimum Gasteiger partial charge on any atom is -0.486 e. The van der Waals surface area contributed by atoms with Gasteiger partial charge in [-0.15, -0.1) is 0 Å². The molecule has 1 aliphatic heterocycles. The second kappa shape index (κ2) is 4.98. The van der Waals surface area contributed by atoms with Crippen LogP contribution in [0.5, 0.6) is 11.5 Å². The Morgan fingerprint density at radius 2 is 2.10 bits per heavy atom. The fourth-order valence-electron chi connectivity index (χ4n) is 2.97. The van der Waals surface area contributed by atoms with E-state index in [1.54, 1.807) is 7.11 Å². The van der Waals surface area contributed by atoms with Gasteiger partial charge in [0.05, 0.1) is 13.0 Å². The fraction of sp³-hybridized carbons (Fsp3) is 0.533. The molecule has 0 radical (unpaired) electrons. The summed E-state index contributed by atoms with van der Waals surface area (Å²) in [5.41, 5.74) is 1.65. The second-order valence-electron chi connectivity index (χ2n) is 5.41. The number of carboxylic acids is 1. The molecular formula is C15H18O5. The van der Waals surface area contributed by atoms with Gasteiger partial charge in [-0.3, -0.25) is 4.79 Å². The molecule has 0 amide bonds. The second-order valence-corrected chi connectivity index (χ2v) is 5.41. The van der Waals surface area contributed by atoms with Crippen molar-refractivity contribution in [3.05, 3.63) is 23.3 Å². The van der Waals surface area contributed by atoms with E-state index >= 15 is 0 Å². The van der Waals surface area contributed by atoms with E-state index < -0.39 is 5.97 Å². The van der Waals surface area contributed by atoms with Crippen LogP contribution in [-0.4, -0.2) is 31.4 Å². The summed E-state index contributed by atoms with van der Waals surface area (Å²) in [7, 11) is 1.64. The quantitative estimate of drug-likeness (QED) is 0.893. The molecule has 1 heterocycles. The Labute approximate surface area is 117 Å². The molecule has 1 aromatic rings. The molecule has 1 N–H and O–H groups in total. The first-order valence-corrected chi connectivity index (χ1v) is 6.79. The van der Waals surface area contributed by atoms with Crippen LogP contribution in [0.25, 0.3) is 0 Å². The average Bonchev–Trinajstić information content (AvgIpc) is 3.18. The van der Waals surface area contributed by atoms with Crippen LogP contribution in [0, 0.1) is 0 Å². The van der Waals surface area contributed by atoms with Crippen LogP contribution in [0.4, 0.5) is 0 Å². The molecule has 0 saturated heterocycles. The first-order chi connectivity index (χ1) is 9.66. The lowest BCUT2D eigenvalue weighted by molar-refractivity contribution is -0.137. The van der Waals surface area contributed by atoms with Crippen molar-refractivity contribution in [2.45, 2.75) is 31.3 Å². The number of benzene rings is 1. The van der Waals surface area contributed by atoms with Gasteiger partial charge in [0.1, 0.15) is 13.2 Å². The first kappa shape index (κ1) is 13.2. The Morgan fingerprint density at radius 3 is 2.75 bits per heavy atom. The Kier molecular flexibility index (Phi) is 3.30. The number of hydrogen-bond acceptors (Lipinski definition) is 4. The maximum atomic E-state index is 11.2. The highest BCUT2D eigenvalue weighted by molar-refractivity contribution is 5.71. The summed E-state index contributed by atoms with van der Waals surface area (Å²) in [6.07, 6.45) is 1.87. The van der Waals surface area contributed by atoms with E-state index in [2.05, 4.69) is 0 Å². The third-order valence-corrected chi connectivity index (χ3v) is 3.97. The van der Waals surface area contributed by atoms with E-state index in [9.17, 15) is 9.90 Å². The van der Waals surface area contributed by atoms with Crippen LogP contribution in [-0.2, 0) is 21.6 Å². The summed E-state index contributed by atoms with van der Waals surface area (Å²) in [6, 6.07) is 3.83. The third-order valence-electron chi connectivity index (χ3n) is 3.97. The minimum atomic E-state index is -0.778. The van der Waals surface area contributed by atoms with Crippen LogP contribution in [0.3, 0.4) is 0 Å². The predicted molar refractivity (Wildman–Crippen MR) is 71.3 cm³/mol. The van der Waals surface area contributed by atoms with Gasteiger partial charge in [0.15, 0.2) is 11.5 Å². The molecule has 1 fully saturated rings. The van der Waals surface area contributed by atoms with Crippen molar-refractivity contribution < 1.29 is 24.1 Å². The van der Waals surface area contributed by atoms with Crippen LogP contribution in [0.2, 0.25) is 0 Å². The van der Waals surface area contributed by atoms with Gasteiger partial charge in [-0.25, -0.2) is 0 Å². The highest BCUT2D eigenvalue weighted by atomic mass is 16.6. The van der Waals surface area contributed by atoms with E-state index in [-0.39, 0.29) is 11.8 Å². The largest absolute Gasteiger partial charge is 0.486 e. The number of rotatable bonds is 5. The Bertz CT molecular complexity index is 533. The summed E-state index contributed by atoms with van der Waals surface area (Å²) in [6.45, 7) is 1.48. The maximum absolute atomic E-state index is 11.2. The zero-order chi connectivity index (χ0) is 14.2. The summed E-state index contributed by atoms with van der Waals surface area (Å²) in [4.78, 5) is 11.2. The summed E-state index contributed by atoms with van der Waals surface area (Å²) in [5.74, 6) is 0.646. The van der Waals surface area contributed by atoms with Gasteiger partial charge in [0, 0.05) is 18.1 Å². The SMILES string of the molecule is COCc1ccc2c(c1C1(CC(=O)O)CC1)OCCO2. The van der Waals surface area contributed by atoms with Crippen molar-refractivity contribution >= 4 is 5.97 Å². The molecule has 3 rings (SSSR count). The van der Waals surface area contributed by atoms with Gasteiger partial charge in [0.25, 0.3) is 0 Å². The molecule has 1 saturated carbocycles. The standard InChI is InChI=1S/C15H18O5/c1-18-9-10-2-3-11-14(20-7-6-19-11)13(10)15(4-5-15)8-12(16)17/h2-3H,4-9H2,1H3,(H,16,17). The van der Waals surface area contributed by atoms with Crippen molar-refractivity contribution in [2.75, 3.05) is 20.3 Å². The number of ether oxygens (including phenoxy) is 3. The molecule has 108 valence electrons. The van der Waals surface area contributed by atoms with Gasteiger partial charge in [0.2, 0.25) is 0 Å². The van der Waals surface area contributed by atoms with Crippen LogP contribution >= 0.6 is 0 Å². The summed E-state index contributed by atoms with van der Waals surface area (Å²) < 4.78 is 16.6. The van der Waals surface area contributed by atoms with Crippen molar-refractivity contribution in [3.63, 3.8) is 0 Å². The summed E-state index contributed by atoms with van der Waals surface area (Å²) >= 11 is 0. The first-order valence-electron chi connectivity index (χ1n) is 6.79. The number of hydrogen-bond donors (Lipinski definition) is 1. The molecule has 0 spiro atoms. The van der Waals surface area contributed by atoms with Gasteiger partial charge in [-0.05, 0) is 24.5 Å². The zero-order valence-electron chi connectivity index (χ0n) is 11.5. The van der Waals surface area contributed by atoms with Crippen LogP contribution < -0.4 is 9.47 Å². The molecule has 20 heavy (non-hydrogen) atoms. The molecule has 1 aromatic carbocycles. The van der Waals surface area contributed by atoms with Gasteiger partial charge in [-0.2, -0.15) is 0 Å². The van der Waals surface area contributed by atoms with E-state index in [0.717, 1.165) is 24.0 Å². The highest BCUT2D eigenvalue weighted by Gasteiger charge is 2.50. The van der Waals surface area contributed by atoms with E-state index in [1.165, 1.54) is 0 Å². The monoisotopic (exact) mass is 278 g/mol. The van der Waals surface area contributed by atoms with Gasteiger partial charge in [-0.1, -0.05) is 6.07 Å². The minimum absolute atomic E-state index is 0.128. The lowest BCUT2D eigenvalue weighted by atomic mass is 9.87. The van der Waals surface area contributed by atoms with Crippen LogP contribution in [0.1, 0.15) is 30.4 Å². The molecule has 0 atom stereocenters. The lowest BCUT2D eigenvalue weighted by Gasteiger charge is -2.27. The Morgan fingerprint density at radius 1 is 1.35 bits per heavy atom. The number of aliphatic carboxylic acids is 1. The molecule has 5 heteroatoms. The van der Waals surface area contributed by atoms with Gasteiger partial charge < -0.3 is 19.3 Å². The number of carboxylic acid groups (broad SMARTS) is 1. The molecule has 5 nitrogen and oxygen atoms in total. The molecular weight excluding hydrogens is 260 g/mol. The normalized spacial score (nSPS) is 18.6. The predicted octanol–water partition coefficient (Wildman–Crippen LogP) is 2.11. The van der Waals surface area contributed by atoms with E-state index in [1.807, 2.05) is 12.1 Å². The highest BCUT2D eigenvalue weighted by Crippen LogP contribution is 2.57. The third kappa shape index (κ3) is 2.22. The molecule has 0 bridgehead atoms. The molecule has 0 aromatic heterocycles. The fourth-order valence-corrected chi connectivity index (χ4v) is 2.97. The van der Waals surface area contributed by atoms with Crippen molar-refractivity contribution in [3.8, 4) is 11.5 Å².